The maximum Gasteiger partial charge on any atom is 0.346 e. The summed E-state index contributed by atoms with van der Waals surface area (Å²) >= 11 is 0. The Kier molecular flexibility index (Phi) is 3.87. The Morgan fingerprint density at radius 1 is 1.25 bits per heavy atom. The third-order valence-corrected chi connectivity index (χ3v) is 6.05. The number of carbonyl (C=O) groups excluding carboxylic acids is 1. The van der Waals surface area contributed by atoms with Crippen molar-refractivity contribution in [2.75, 3.05) is 27.5 Å². The van der Waals surface area contributed by atoms with E-state index in [4.69, 9.17) is 23.7 Å². The quantitative estimate of drug-likeness (QED) is 0.773. The standard InChI is InChI=1S/C20H23NO7/c1-21-8-5-11-9-12-16(26-10-25-12)17(24-2)13(11)15(21)14-18(22)27-20(28-19(14)23)6-3-4-7-20/h9,15,22H,3-8,10H2,1-2H3. The van der Waals surface area contributed by atoms with Gasteiger partial charge in [-0.05, 0) is 37.9 Å². The van der Waals surface area contributed by atoms with Crippen LogP contribution in [0.3, 0.4) is 0 Å². The highest BCUT2D eigenvalue weighted by molar-refractivity contribution is 5.92. The lowest BCUT2D eigenvalue weighted by Gasteiger charge is -2.40. The van der Waals surface area contributed by atoms with Gasteiger partial charge in [-0.25, -0.2) is 4.79 Å². The van der Waals surface area contributed by atoms with Gasteiger partial charge >= 0.3 is 5.97 Å². The monoisotopic (exact) mass is 389 g/mol. The van der Waals surface area contributed by atoms with Gasteiger partial charge in [-0.1, -0.05) is 0 Å². The average molecular weight is 389 g/mol. The number of rotatable bonds is 2. The van der Waals surface area contributed by atoms with E-state index in [9.17, 15) is 9.90 Å². The van der Waals surface area contributed by atoms with E-state index in [1.54, 1.807) is 7.11 Å². The van der Waals surface area contributed by atoms with Crippen molar-refractivity contribution in [3.8, 4) is 17.2 Å². The van der Waals surface area contributed by atoms with Crippen LogP contribution in [0.15, 0.2) is 17.6 Å². The van der Waals surface area contributed by atoms with E-state index in [2.05, 4.69) is 0 Å². The molecule has 0 amide bonds. The Hall–Kier alpha value is -2.61. The summed E-state index contributed by atoms with van der Waals surface area (Å²) in [4.78, 5) is 15.0. The smallest absolute Gasteiger partial charge is 0.346 e. The molecule has 0 saturated heterocycles. The molecule has 1 aromatic carbocycles. The van der Waals surface area contributed by atoms with Gasteiger partial charge in [0.25, 0.3) is 11.7 Å². The lowest BCUT2D eigenvalue weighted by molar-refractivity contribution is -0.236. The van der Waals surface area contributed by atoms with Gasteiger partial charge in [-0.2, -0.15) is 0 Å². The first-order chi connectivity index (χ1) is 13.5. The van der Waals surface area contributed by atoms with E-state index in [1.807, 2.05) is 18.0 Å². The lowest BCUT2D eigenvalue weighted by atomic mass is 9.86. The summed E-state index contributed by atoms with van der Waals surface area (Å²) in [6, 6.07) is 1.35. The van der Waals surface area contributed by atoms with Gasteiger partial charge in [0.2, 0.25) is 12.5 Å². The zero-order valence-corrected chi connectivity index (χ0v) is 15.9. The summed E-state index contributed by atoms with van der Waals surface area (Å²) in [6.07, 6.45) is 3.74. The van der Waals surface area contributed by atoms with Crippen LogP contribution in [0, 0.1) is 0 Å². The second-order valence-electron chi connectivity index (χ2n) is 7.68. The van der Waals surface area contributed by atoms with Crippen molar-refractivity contribution >= 4 is 5.97 Å². The first kappa shape index (κ1) is 17.5. The molecule has 3 heterocycles. The van der Waals surface area contributed by atoms with Gasteiger partial charge in [-0.3, -0.25) is 4.90 Å². The molecule has 8 nitrogen and oxygen atoms in total. The highest BCUT2D eigenvalue weighted by Gasteiger charge is 2.50. The molecule has 1 unspecified atom stereocenters. The van der Waals surface area contributed by atoms with Crippen LogP contribution in [0.4, 0.5) is 0 Å². The van der Waals surface area contributed by atoms with E-state index in [0.29, 0.717) is 36.6 Å². The van der Waals surface area contributed by atoms with Gasteiger partial charge in [0.1, 0.15) is 5.57 Å². The van der Waals surface area contributed by atoms with Crippen LogP contribution in [0.2, 0.25) is 0 Å². The number of likely N-dealkylation sites (N-methyl/N-ethyl adjacent to an activating group) is 1. The van der Waals surface area contributed by atoms with Crippen LogP contribution < -0.4 is 14.2 Å². The van der Waals surface area contributed by atoms with Gasteiger partial charge in [-0.15, -0.1) is 0 Å². The third kappa shape index (κ3) is 2.44. The molecule has 4 aliphatic rings. The van der Waals surface area contributed by atoms with Crippen molar-refractivity contribution in [3.63, 3.8) is 0 Å². The van der Waals surface area contributed by atoms with Crippen LogP contribution in [-0.4, -0.2) is 49.3 Å². The zero-order chi connectivity index (χ0) is 19.5. The van der Waals surface area contributed by atoms with Crippen molar-refractivity contribution in [1.82, 2.24) is 4.90 Å². The molecule has 3 aliphatic heterocycles. The molecule has 1 fully saturated rings. The third-order valence-electron chi connectivity index (χ3n) is 6.05. The highest BCUT2D eigenvalue weighted by Crippen LogP contribution is 2.52. The Labute approximate surface area is 162 Å². The van der Waals surface area contributed by atoms with Crippen molar-refractivity contribution in [3.05, 3.63) is 28.7 Å². The minimum atomic E-state index is -1.03. The number of methoxy groups -OCH3 is 1. The van der Waals surface area contributed by atoms with Gasteiger partial charge in [0.05, 0.1) is 13.2 Å². The Bertz CT molecular complexity index is 872. The SMILES string of the molecule is COc1c2c(cc3c1C(C1=C(O)OC4(CCCC4)OC1=O)N(C)CC3)OCO2. The Morgan fingerprint density at radius 3 is 2.75 bits per heavy atom. The molecule has 8 heteroatoms. The molecule has 0 aromatic heterocycles. The van der Waals surface area contributed by atoms with E-state index in [1.165, 1.54) is 0 Å². The van der Waals surface area contributed by atoms with Crippen LogP contribution in [0.5, 0.6) is 17.2 Å². The fourth-order valence-electron chi connectivity index (χ4n) is 4.71. The van der Waals surface area contributed by atoms with E-state index >= 15 is 0 Å². The molecular weight excluding hydrogens is 366 g/mol. The summed E-state index contributed by atoms with van der Waals surface area (Å²) in [5, 5.41) is 10.8. The molecule has 0 bridgehead atoms. The van der Waals surface area contributed by atoms with Crippen molar-refractivity contribution < 1.29 is 33.6 Å². The Morgan fingerprint density at radius 2 is 2.04 bits per heavy atom. The number of carbonyl (C=O) groups is 1. The number of nitrogens with zero attached hydrogens (tertiary/aromatic N) is 1. The number of aliphatic hydroxyl groups is 1. The number of benzene rings is 1. The number of aliphatic hydroxyl groups excluding tert-OH is 1. The first-order valence-electron chi connectivity index (χ1n) is 9.58. The largest absolute Gasteiger partial charge is 0.492 e. The van der Waals surface area contributed by atoms with E-state index in [0.717, 1.165) is 30.4 Å². The summed E-state index contributed by atoms with van der Waals surface area (Å²) in [5.41, 5.74) is 1.85. The Balaban J connectivity index is 1.64. The van der Waals surface area contributed by atoms with Crippen molar-refractivity contribution in [2.24, 2.45) is 0 Å². The van der Waals surface area contributed by atoms with Gasteiger partial charge in [0.15, 0.2) is 11.5 Å². The number of esters is 1. The number of fused-ring (bicyclic) bond motifs is 2. The van der Waals surface area contributed by atoms with Gasteiger partial charge in [0, 0.05) is 24.9 Å². The first-order valence-corrected chi connectivity index (χ1v) is 9.58. The fourth-order valence-corrected chi connectivity index (χ4v) is 4.71. The highest BCUT2D eigenvalue weighted by atomic mass is 16.8. The second-order valence-corrected chi connectivity index (χ2v) is 7.68. The molecule has 150 valence electrons. The minimum absolute atomic E-state index is 0.0955. The maximum absolute atomic E-state index is 13.0. The molecule has 0 radical (unpaired) electrons. The average Bonchev–Trinajstić information content (AvgIpc) is 3.30. The predicted molar refractivity (Wildman–Crippen MR) is 96.2 cm³/mol. The zero-order valence-electron chi connectivity index (χ0n) is 15.9. The molecule has 1 aliphatic carbocycles. The minimum Gasteiger partial charge on any atom is -0.492 e. The molecule has 1 spiro atoms. The summed E-state index contributed by atoms with van der Waals surface area (Å²) in [7, 11) is 3.45. The maximum atomic E-state index is 13.0. The fraction of sp³-hybridized carbons (Fsp3) is 0.550. The molecular formula is C20H23NO7. The van der Waals surface area contributed by atoms with Crippen molar-refractivity contribution in [1.29, 1.82) is 0 Å². The number of hydrogen-bond acceptors (Lipinski definition) is 8. The lowest BCUT2D eigenvalue weighted by Crippen LogP contribution is -2.44. The van der Waals surface area contributed by atoms with Gasteiger partial charge < -0.3 is 28.8 Å². The second kappa shape index (κ2) is 6.20. The molecule has 1 aromatic rings. The topological polar surface area (TPSA) is 86.7 Å². The van der Waals surface area contributed by atoms with Crippen LogP contribution in [0.25, 0.3) is 0 Å². The van der Waals surface area contributed by atoms with E-state index in [-0.39, 0.29) is 18.3 Å². The van der Waals surface area contributed by atoms with Crippen LogP contribution in [0.1, 0.15) is 42.9 Å². The van der Waals surface area contributed by atoms with E-state index < -0.39 is 17.8 Å². The number of hydrogen-bond donors (Lipinski definition) is 1. The number of ether oxygens (including phenoxy) is 5. The molecule has 1 N–H and O–H groups in total. The molecule has 28 heavy (non-hydrogen) atoms. The predicted octanol–water partition coefficient (Wildman–Crippen LogP) is 2.57. The van der Waals surface area contributed by atoms with Crippen molar-refractivity contribution in [2.45, 2.75) is 43.9 Å². The van der Waals surface area contributed by atoms with Crippen LogP contribution >= 0.6 is 0 Å². The normalized spacial score (nSPS) is 25.5. The summed E-state index contributed by atoms with van der Waals surface area (Å²) in [5.74, 6) is -0.281. The molecule has 5 rings (SSSR count). The molecule has 1 saturated carbocycles. The summed E-state index contributed by atoms with van der Waals surface area (Å²) in [6.45, 7) is 0.812. The van der Waals surface area contributed by atoms with Crippen LogP contribution in [-0.2, 0) is 20.7 Å². The molecule has 1 atom stereocenters. The summed E-state index contributed by atoms with van der Waals surface area (Å²) < 4.78 is 28.2.